The Kier molecular flexibility index (Phi) is 3.83. The van der Waals surface area contributed by atoms with Gasteiger partial charge in [-0.1, -0.05) is 18.6 Å². The lowest BCUT2D eigenvalue weighted by Crippen LogP contribution is -2.37. The van der Waals surface area contributed by atoms with E-state index < -0.39 is 0 Å². The van der Waals surface area contributed by atoms with Gasteiger partial charge in [0.05, 0.1) is 17.2 Å². The maximum absolute atomic E-state index is 12.4. The molecule has 1 aliphatic heterocycles. The van der Waals surface area contributed by atoms with Crippen LogP contribution in [-0.2, 0) is 6.54 Å². The summed E-state index contributed by atoms with van der Waals surface area (Å²) in [7, 11) is 2.19. The normalized spacial score (nSPS) is 20.4. The topological polar surface area (TPSA) is 38.1 Å². The third-order valence-electron chi connectivity index (χ3n) is 4.36. The molecule has 1 aromatic heterocycles. The molecule has 0 spiro atoms. The fraction of sp³-hybridized carbons (Fsp3) is 0.500. The van der Waals surface area contributed by atoms with E-state index in [1.807, 2.05) is 24.3 Å². The Labute approximate surface area is 119 Å². The van der Waals surface area contributed by atoms with Crippen molar-refractivity contribution in [1.29, 1.82) is 0 Å². The summed E-state index contributed by atoms with van der Waals surface area (Å²) in [5, 5.41) is 0.715. The zero-order valence-corrected chi connectivity index (χ0v) is 12.0. The van der Waals surface area contributed by atoms with Gasteiger partial charge < -0.3 is 4.90 Å². The number of benzene rings is 1. The SMILES string of the molecule is CN1CCCCC1CCn1cnc2ccccc2c1=O. The number of aryl methyl sites for hydroxylation is 1. The first kappa shape index (κ1) is 13.3. The Balaban J connectivity index is 1.77. The van der Waals surface area contributed by atoms with Crippen molar-refractivity contribution in [2.24, 2.45) is 0 Å². The molecule has 106 valence electrons. The monoisotopic (exact) mass is 271 g/mol. The van der Waals surface area contributed by atoms with Gasteiger partial charge in [-0.2, -0.15) is 0 Å². The van der Waals surface area contributed by atoms with Gasteiger partial charge in [-0.25, -0.2) is 4.98 Å². The van der Waals surface area contributed by atoms with Gasteiger partial charge in [0.2, 0.25) is 0 Å². The standard InChI is InChI=1S/C16H21N3O/c1-18-10-5-4-6-13(18)9-11-19-12-17-15-8-3-2-7-14(15)16(19)20/h2-3,7-8,12-13H,4-6,9-11H2,1H3. The fourth-order valence-corrected chi connectivity index (χ4v) is 3.06. The minimum atomic E-state index is 0.0778. The Hall–Kier alpha value is -1.68. The van der Waals surface area contributed by atoms with Crippen molar-refractivity contribution >= 4 is 10.9 Å². The molecule has 1 aromatic carbocycles. The second kappa shape index (κ2) is 5.75. The van der Waals surface area contributed by atoms with Gasteiger partial charge in [0.15, 0.2) is 0 Å². The highest BCUT2D eigenvalue weighted by molar-refractivity contribution is 5.76. The predicted molar refractivity (Wildman–Crippen MR) is 80.9 cm³/mol. The van der Waals surface area contributed by atoms with Crippen LogP contribution in [0.25, 0.3) is 10.9 Å². The molecule has 1 saturated heterocycles. The van der Waals surface area contributed by atoms with Gasteiger partial charge in [-0.15, -0.1) is 0 Å². The van der Waals surface area contributed by atoms with Crippen LogP contribution in [0.3, 0.4) is 0 Å². The van der Waals surface area contributed by atoms with E-state index in [0.29, 0.717) is 11.4 Å². The molecule has 1 unspecified atom stereocenters. The highest BCUT2D eigenvalue weighted by Crippen LogP contribution is 2.18. The lowest BCUT2D eigenvalue weighted by atomic mass is 10.0. The van der Waals surface area contributed by atoms with Gasteiger partial charge in [0.25, 0.3) is 5.56 Å². The summed E-state index contributed by atoms with van der Waals surface area (Å²) in [6, 6.07) is 8.15. The van der Waals surface area contributed by atoms with Crippen LogP contribution in [0.2, 0.25) is 0 Å². The van der Waals surface area contributed by atoms with Crippen molar-refractivity contribution in [3.8, 4) is 0 Å². The molecule has 0 saturated carbocycles. The lowest BCUT2D eigenvalue weighted by Gasteiger charge is -2.32. The zero-order valence-electron chi connectivity index (χ0n) is 12.0. The van der Waals surface area contributed by atoms with Crippen LogP contribution in [0, 0.1) is 0 Å². The van der Waals surface area contributed by atoms with E-state index in [0.717, 1.165) is 18.5 Å². The van der Waals surface area contributed by atoms with Gasteiger partial charge in [-0.3, -0.25) is 9.36 Å². The summed E-state index contributed by atoms with van der Waals surface area (Å²) in [6.45, 7) is 1.93. The van der Waals surface area contributed by atoms with Crippen molar-refractivity contribution < 1.29 is 0 Å². The summed E-state index contributed by atoms with van der Waals surface area (Å²) < 4.78 is 1.75. The molecule has 0 aliphatic carbocycles. The number of hydrogen-bond acceptors (Lipinski definition) is 3. The first-order valence-corrected chi connectivity index (χ1v) is 7.40. The number of hydrogen-bond donors (Lipinski definition) is 0. The lowest BCUT2D eigenvalue weighted by molar-refractivity contribution is 0.170. The molecule has 2 heterocycles. The Morgan fingerprint density at radius 3 is 3.00 bits per heavy atom. The van der Waals surface area contributed by atoms with E-state index in [4.69, 9.17) is 0 Å². The third kappa shape index (κ3) is 2.61. The molecule has 3 rings (SSSR count). The number of piperidine rings is 1. The van der Waals surface area contributed by atoms with Crippen molar-refractivity contribution in [2.45, 2.75) is 38.3 Å². The van der Waals surface area contributed by atoms with Crippen molar-refractivity contribution in [3.63, 3.8) is 0 Å². The van der Waals surface area contributed by atoms with E-state index in [1.165, 1.54) is 25.8 Å². The molecule has 0 N–H and O–H groups in total. The van der Waals surface area contributed by atoms with Crippen LogP contribution < -0.4 is 5.56 Å². The smallest absolute Gasteiger partial charge is 0.261 e. The molecule has 1 atom stereocenters. The Morgan fingerprint density at radius 1 is 1.30 bits per heavy atom. The zero-order chi connectivity index (χ0) is 13.9. The second-order valence-corrected chi connectivity index (χ2v) is 5.68. The van der Waals surface area contributed by atoms with Crippen LogP contribution in [0.4, 0.5) is 0 Å². The molecule has 20 heavy (non-hydrogen) atoms. The number of likely N-dealkylation sites (tertiary alicyclic amines) is 1. The van der Waals surface area contributed by atoms with Crippen LogP contribution in [0.1, 0.15) is 25.7 Å². The van der Waals surface area contributed by atoms with Gasteiger partial charge in [0, 0.05) is 12.6 Å². The molecular weight excluding hydrogens is 250 g/mol. The third-order valence-corrected chi connectivity index (χ3v) is 4.36. The summed E-state index contributed by atoms with van der Waals surface area (Å²) in [5.41, 5.74) is 0.859. The van der Waals surface area contributed by atoms with Crippen molar-refractivity contribution in [3.05, 3.63) is 40.9 Å². The number of para-hydroxylation sites is 1. The van der Waals surface area contributed by atoms with E-state index >= 15 is 0 Å². The fourth-order valence-electron chi connectivity index (χ4n) is 3.06. The number of nitrogens with zero attached hydrogens (tertiary/aromatic N) is 3. The summed E-state index contributed by atoms with van der Waals surface area (Å²) in [4.78, 5) is 19.2. The number of rotatable bonds is 3. The van der Waals surface area contributed by atoms with Crippen LogP contribution in [-0.4, -0.2) is 34.1 Å². The molecule has 2 aromatic rings. The maximum Gasteiger partial charge on any atom is 0.261 e. The minimum absolute atomic E-state index is 0.0778. The average molecular weight is 271 g/mol. The second-order valence-electron chi connectivity index (χ2n) is 5.68. The molecule has 1 fully saturated rings. The Bertz CT molecular complexity index is 649. The molecule has 0 radical (unpaired) electrons. The van der Waals surface area contributed by atoms with Crippen molar-refractivity contribution in [1.82, 2.24) is 14.5 Å². The molecule has 4 nitrogen and oxygen atoms in total. The van der Waals surface area contributed by atoms with Crippen molar-refractivity contribution in [2.75, 3.05) is 13.6 Å². The summed E-state index contributed by atoms with van der Waals surface area (Å²) in [6.07, 6.45) is 6.56. The van der Waals surface area contributed by atoms with E-state index in [2.05, 4.69) is 16.9 Å². The predicted octanol–water partition coefficient (Wildman–Crippen LogP) is 2.27. The number of aromatic nitrogens is 2. The van der Waals surface area contributed by atoms with Gasteiger partial charge in [0.1, 0.15) is 0 Å². The van der Waals surface area contributed by atoms with E-state index in [1.54, 1.807) is 10.9 Å². The molecular formula is C16H21N3O. The highest BCUT2D eigenvalue weighted by atomic mass is 16.1. The number of fused-ring (bicyclic) bond motifs is 1. The molecule has 4 heteroatoms. The van der Waals surface area contributed by atoms with E-state index in [-0.39, 0.29) is 5.56 Å². The first-order valence-electron chi connectivity index (χ1n) is 7.40. The quantitative estimate of drug-likeness (QED) is 0.859. The molecule has 0 amide bonds. The highest BCUT2D eigenvalue weighted by Gasteiger charge is 2.18. The average Bonchev–Trinajstić information content (AvgIpc) is 2.48. The van der Waals surface area contributed by atoms with E-state index in [9.17, 15) is 4.79 Å². The van der Waals surface area contributed by atoms with Crippen LogP contribution >= 0.6 is 0 Å². The maximum atomic E-state index is 12.4. The summed E-state index contributed by atoms with van der Waals surface area (Å²) in [5.74, 6) is 0. The Morgan fingerprint density at radius 2 is 2.15 bits per heavy atom. The molecule has 1 aliphatic rings. The van der Waals surface area contributed by atoms with Crippen LogP contribution in [0.15, 0.2) is 35.4 Å². The minimum Gasteiger partial charge on any atom is -0.303 e. The van der Waals surface area contributed by atoms with Gasteiger partial charge in [-0.05, 0) is 45.0 Å². The largest absolute Gasteiger partial charge is 0.303 e. The first-order chi connectivity index (χ1) is 9.75. The molecule has 0 bridgehead atoms. The van der Waals surface area contributed by atoms with Gasteiger partial charge >= 0.3 is 0 Å². The summed E-state index contributed by atoms with van der Waals surface area (Å²) >= 11 is 0. The van der Waals surface area contributed by atoms with Crippen LogP contribution in [0.5, 0.6) is 0 Å².